The molecule has 0 bridgehead atoms. The first-order chi connectivity index (χ1) is 10.4. The highest BCUT2D eigenvalue weighted by molar-refractivity contribution is 5.77. The number of hydrogen-bond donors (Lipinski definition) is 0. The summed E-state index contributed by atoms with van der Waals surface area (Å²) in [5.41, 5.74) is -0.660. The van der Waals surface area contributed by atoms with E-state index in [1.54, 1.807) is 0 Å². The maximum atomic E-state index is 12.6. The normalized spacial score (nSPS) is 38.5. The first-order valence-electron chi connectivity index (χ1n) is 8.94. The highest BCUT2D eigenvalue weighted by Crippen LogP contribution is 2.58. The molecule has 3 fully saturated rings. The van der Waals surface area contributed by atoms with Gasteiger partial charge in [-0.3, -0.25) is 4.79 Å². The molecule has 1 saturated heterocycles. The van der Waals surface area contributed by atoms with E-state index in [4.69, 9.17) is 14.2 Å². The Kier molecular flexibility index (Phi) is 3.89. The molecule has 0 aromatic carbocycles. The van der Waals surface area contributed by atoms with E-state index in [-0.39, 0.29) is 22.6 Å². The van der Waals surface area contributed by atoms with Crippen molar-refractivity contribution in [3.05, 3.63) is 0 Å². The van der Waals surface area contributed by atoms with Gasteiger partial charge in [0.05, 0.1) is 18.6 Å². The lowest BCUT2D eigenvalue weighted by Crippen LogP contribution is -2.46. The van der Waals surface area contributed by atoms with Gasteiger partial charge in [-0.25, -0.2) is 0 Å². The summed E-state index contributed by atoms with van der Waals surface area (Å²) in [7, 11) is 0. The van der Waals surface area contributed by atoms with Gasteiger partial charge in [-0.05, 0) is 52.4 Å². The summed E-state index contributed by atoms with van der Waals surface area (Å²) in [5, 5.41) is 0. The lowest BCUT2D eigenvalue weighted by atomic mass is 9.85. The fraction of sp³-hybridized carbons (Fsp3) is 0.947. The lowest BCUT2D eigenvalue weighted by molar-refractivity contribution is -0.298. The van der Waals surface area contributed by atoms with E-state index in [0.29, 0.717) is 11.8 Å². The summed E-state index contributed by atoms with van der Waals surface area (Å²) in [6.45, 7) is 13.7. The second-order valence-electron chi connectivity index (χ2n) is 10.1. The van der Waals surface area contributed by atoms with Crippen LogP contribution in [0.1, 0.15) is 67.2 Å². The van der Waals surface area contributed by atoms with Crippen molar-refractivity contribution in [2.45, 2.75) is 78.6 Å². The summed E-state index contributed by atoms with van der Waals surface area (Å²) < 4.78 is 18.0. The quantitative estimate of drug-likeness (QED) is 0.686. The van der Waals surface area contributed by atoms with E-state index in [2.05, 4.69) is 20.8 Å². The van der Waals surface area contributed by atoms with Crippen LogP contribution >= 0.6 is 0 Å². The molecule has 4 nitrogen and oxygen atoms in total. The Hall–Kier alpha value is -0.610. The molecule has 2 aliphatic carbocycles. The molecule has 1 spiro atoms. The van der Waals surface area contributed by atoms with Gasteiger partial charge in [-0.2, -0.15) is 0 Å². The first-order valence-corrected chi connectivity index (χ1v) is 8.94. The first kappa shape index (κ1) is 17.2. The Balaban J connectivity index is 1.62. The van der Waals surface area contributed by atoms with Crippen molar-refractivity contribution in [1.29, 1.82) is 0 Å². The van der Waals surface area contributed by atoms with Crippen LogP contribution in [-0.2, 0) is 19.0 Å². The fourth-order valence-corrected chi connectivity index (χ4v) is 4.47. The third kappa shape index (κ3) is 3.43. The monoisotopic (exact) mass is 324 g/mol. The number of ether oxygens (including phenoxy) is 3. The molecule has 1 aliphatic heterocycles. The van der Waals surface area contributed by atoms with Crippen LogP contribution in [-0.4, -0.2) is 30.6 Å². The number of rotatable bonds is 1. The molecule has 23 heavy (non-hydrogen) atoms. The highest BCUT2D eigenvalue weighted by atomic mass is 16.7. The van der Waals surface area contributed by atoms with Crippen LogP contribution in [0, 0.1) is 22.7 Å². The Morgan fingerprint density at radius 2 is 1.43 bits per heavy atom. The number of carbonyl (C=O) groups excluding carboxylic acids is 1. The van der Waals surface area contributed by atoms with Crippen LogP contribution in [0.15, 0.2) is 0 Å². The van der Waals surface area contributed by atoms with E-state index in [1.165, 1.54) is 0 Å². The predicted octanol–water partition coefficient (Wildman–Crippen LogP) is 3.92. The maximum Gasteiger partial charge on any atom is 0.312 e. The third-order valence-corrected chi connectivity index (χ3v) is 5.58. The van der Waals surface area contributed by atoms with Crippen molar-refractivity contribution in [3.8, 4) is 0 Å². The van der Waals surface area contributed by atoms with Gasteiger partial charge in [-0.15, -0.1) is 0 Å². The standard InChI is InChI=1S/C19H32O4/c1-16(2,3)23-15(20)18(6)7-13-9-19(10-14(13)8-18)21-11-17(4,5)12-22-19/h13-14H,7-12H2,1-6H3/t13-,14+,18?. The minimum absolute atomic E-state index is 0.0416. The minimum atomic E-state index is -0.416. The van der Waals surface area contributed by atoms with Crippen molar-refractivity contribution in [3.63, 3.8) is 0 Å². The average Bonchev–Trinajstić information content (AvgIpc) is 2.84. The van der Waals surface area contributed by atoms with Crippen molar-refractivity contribution in [2.24, 2.45) is 22.7 Å². The molecule has 3 aliphatic rings. The van der Waals surface area contributed by atoms with Crippen LogP contribution < -0.4 is 0 Å². The molecule has 3 rings (SSSR count). The molecule has 0 amide bonds. The smallest absolute Gasteiger partial charge is 0.312 e. The summed E-state index contributed by atoms with van der Waals surface area (Å²) in [5.74, 6) is 0.586. The summed E-state index contributed by atoms with van der Waals surface area (Å²) in [6, 6.07) is 0. The minimum Gasteiger partial charge on any atom is -0.460 e. The van der Waals surface area contributed by atoms with E-state index in [1.807, 2.05) is 20.8 Å². The molecule has 1 unspecified atom stereocenters. The van der Waals surface area contributed by atoms with Gasteiger partial charge in [-0.1, -0.05) is 13.8 Å². The van der Waals surface area contributed by atoms with E-state index < -0.39 is 5.60 Å². The maximum absolute atomic E-state index is 12.6. The molecular formula is C19H32O4. The summed E-state index contributed by atoms with van der Waals surface area (Å²) in [6.07, 6.45) is 3.63. The number of carbonyl (C=O) groups is 1. The van der Waals surface area contributed by atoms with Crippen LogP contribution in [0.25, 0.3) is 0 Å². The van der Waals surface area contributed by atoms with Crippen molar-refractivity contribution in [2.75, 3.05) is 13.2 Å². The third-order valence-electron chi connectivity index (χ3n) is 5.58. The average molecular weight is 324 g/mol. The van der Waals surface area contributed by atoms with Gasteiger partial charge in [0.2, 0.25) is 0 Å². The molecule has 2 saturated carbocycles. The number of esters is 1. The van der Waals surface area contributed by atoms with Gasteiger partial charge in [0.25, 0.3) is 0 Å². The topological polar surface area (TPSA) is 44.8 Å². The Bertz CT molecular complexity index is 462. The van der Waals surface area contributed by atoms with E-state index in [9.17, 15) is 4.79 Å². The zero-order valence-corrected chi connectivity index (χ0v) is 15.5. The largest absolute Gasteiger partial charge is 0.460 e. The van der Waals surface area contributed by atoms with Gasteiger partial charge >= 0.3 is 5.97 Å². The second-order valence-corrected chi connectivity index (χ2v) is 10.1. The van der Waals surface area contributed by atoms with Crippen molar-refractivity contribution >= 4 is 5.97 Å². The molecular weight excluding hydrogens is 292 g/mol. The Morgan fingerprint density at radius 3 is 1.87 bits per heavy atom. The zero-order valence-electron chi connectivity index (χ0n) is 15.5. The van der Waals surface area contributed by atoms with Crippen LogP contribution in [0.3, 0.4) is 0 Å². The molecule has 4 heteroatoms. The Morgan fingerprint density at radius 1 is 0.957 bits per heavy atom. The number of hydrogen-bond acceptors (Lipinski definition) is 4. The van der Waals surface area contributed by atoms with Gasteiger partial charge < -0.3 is 14.2 Å². The molecule has 1 heterocycles. The zero-order chi connectivity index (χ0) is 17.1. The summed E-state index contributed by atoms with van der Waals surface area (Å²) in [4.78, 5) is 12.6. The van der Waals surface area contributed by atoms with Crippen LogP contribution in [0.4, 0.5) is 0 Å². The van der Waals surface area contributed by atoms with Gasteiger partial charge in [0, 0.05) is 18.3 Å². The molecule has 0 aromatic rings. The molecule has 132 valence electrons. The van der Waals surface area contributed by atoms with Crippen LogP contribution in [0.2, 0.25) is 0 Å². The SMILES string of the molecule is CC1(C)COC2(C[C@@H]3CC(C)(C(=O)OC(C)(C)C)C[C@@H]3C2)OC1. The van der Waals surface area contributed by atoms with E-state index in [0.717, 1.165) is 38.9 Å². The lowest BCUT2D eigenvalue weighted by Gasteiger charge is -2.42. The number of fused-ring (bicyclic) bond motifs is 1. The molecule has 3 atom stereocenters. The Labute approximate surface area is 140 Å². The van der Waals surface area contributed by atoms with Crippen LogP contribution in [0.5, 0.6) is 0 Å². The predicted molar refractivity (Wildman–Crippen MR) is 87.8 cm³/mol. The molecule has 0 radical (unpaired) electrons. The molecule has 0 N–H and O–H groups in total. The highest BCUT2D eigenvalue weighted by Gasteiger charge is 2.58. The van der Waals surface area contributed by atoms with Gasteiger partial charge in [0.1, 0.15) is 5.60 Å². The summed E-state index contributed by atoms with van der Waals surface area (Å²) >= 11 is 0. The van der Waals surface area contributed by atoms with Crippen molar-refractivity contribution in [1.82, 2.24) is 0 Å². The second kappa shape index (κ2) is 5.19. The molecule has 0 aromatic heterocycles. The van der Waals surface area contributed by atoms with E-state index >= 15 is 0 Å². The van der Waals surface area contributed by atoms with Crippen molar-refractivity contribution < 1.29 is 19.0 Å². The fourth-order valence-electron chi connectivity index (χ4n) is 4.47. The van der Waals surface area contributed by atoms with Gasteiger partial charge in [0.15, 0.2) is 5.79 Å².